The van der Waals surface area contributed by atoms with Crippen LogP contribution in [0.25, 0.3) is 5.69 Å². The topological polar surface area (TPSA) is 38.9 Å². The normalized spacial score (nSPS) is 11.2. The second-order valence-corrected chi connectivity index (χ2v) is 6.24. The van der Waals surface area contributed by atoms with Crippen molar-refractivity contribution in [1.82, 2.24) is 24.7 Å². The van der Waals surface area contributed by atoms with Crippen LogP contribution >= 0.6 is 23.8 Å². The predicted molar refractivity (Wildman–Crippen MR) is 93.1 cm³/mol. The quantitative estimate of drug-likeness (QED) is 0.648. The molecule has 0 fully saturated rings. The minimum atomic E-state index is -0.243. The van der Waals surface area contributed by atoms with Gasteiger partial charge in [0.2, 0.25) is 4.77 Å². The monoisotopic (exact) mass is 363 g/mol. The Morgan fingerprint density at radius 1 is 1.17 bits per heavy atom. The van der Waals surface area contributed by atoms with Crippen LogP contribution in [0, 0.1) is 10.6 Å². The van der Waals surface area contributed by atoms with Crippen LogP contribution in [0.15, 0.2) is 48.5 Å². The Bertz CT molecular complexity index is 890. The van der Waals surface area contributed by atoms with Gasteiger partial charge in [-0.15, -0.1) is 0 Å². The fourth-order valence-corrected chi connectivity index (χ4v) is 2.73. The maximum absolute atomic E-state index is 13.0. The van der Waals surface area contributed by atoms with Gasteiger partial charge in [-0.25, -0.2) is 9.07 Å². The molecule has 3 rings (SSSR count). The summed E-state index contributed by atoms with van der Waals surface area (Å²) in [6.45, 7) is 1.11. The standard InChI is InChI=1S/C16H15ClFN5S/c1-21(10-12-5-7-14(18)8-6-12)11-22-16(24)23(20-19-22)15-4-2-3-13(17)9-15/h2-9H,10-11H2,1H3. The van der Waals surface area contributed by atoms with E-state index in [1.165, 1.54) is 12.1 Å². The van der Waals surface area contributed by atoms with E-state index in [1.807, 2.05) is 24.1 Å². The first-order valence-corrected chi connectivity index (χ1v) is 8.03. The van der Waals surface area contributed by atoms with E-state index in [9.17, 15) is 4.39 Å². The van der Waals surface area contributed by atoms with Crippen LogP contribution in [0.5, 0.6) is 0 Å². The third kappa shape index (κ3) is 3.87. The average Bonchev–Trinajstić information content (AvgIpc) is 2.90. The maximum atomic E-state index is 13.0. The van der Waals surface area contributed by atoms with Gasteiger partial charge in [-0.1, -0.05) is 29.8 Å². The zero-order valence-corrected chi connectivity index (χ0v) is 14.5. The third-order valence-corrected chi connectivity index (χ3v) is 4.05. The number of hydrogen-bond donors (Lipinski definition) is 0. The Kier molecular flexibility index (Phi) is 5.03. The molecular formula is C16H15ClFN5S. The van der Waals surface area contributed by atoms with Crippen LogP contribution < -0.4 is 0 Å². The van der Waals surface area contributed by atoms with Crippen molar-refractivity contribution >= 4 is 23.8 Å². The van der Waals surface area contributed by atoms with Gasteiger partial charge in [0.05, 0.1) is 12.4 Å². The van der Waals surface area contributed by atoms with Crippen LogP contribution in [-0.2, 0) is 13.2 Å². The van der Waals surface area contributed by atoms with Gasteiger partial charge in [-0.05, 0) is 65.6 Å². The molecule has 24 heavy (non-hydrogen) atoms. The lowest BCUT2D eigenvalue weighted by Gasteiger charge is -2.15. The highest BCUT2D eigenvalue weighted by Gasteiger charge is 2.09. The second kappa shape index (κ2) is 7.21. The molecule has 1 aromatic heterocycles. The summed E-state index contributed by atoms with van der Waals surface area (Å²) in [4.78, 5) is 2.01. The molecule has 0 N–H and O–H groups in total. The lowest BCUT2D eigenvalue weighted by molar-refractivity contribution is 0.242. The lowest BCUT2D eigenvalue weighted by Crippen LogP contribution is -2.22. The van der Waals surface area contributed by atoms with Crippen molar-refractivity contribution in [2.75, 3.05) is 7.05 Å². The van der Waals surface area contributed by atoms with Crippen molar-refractivity contribution in [3.05, 3.63) is 69.7 Å². The first kappa shape index (κ1) is 16.8. The molecule has 0 radical (unpaired) electrons. The summed E-state index contributed by atoms with van der Waals surface area (Å²) in [7, 11) is 1.93. The van der Waals surface area contributed by atoms with Crippen molar-refractivity contribution in [3.63, 3.8) is 0 Å². The molecule has 0 aliphatic rings. The molecule has 1 heterocycles. The average molecular weight is 364 g/mol. The predicted octanol–water partition coefficient (Wildman–Crippen LogP) is 3.68. The van der Waals surface area contributed by atoms with E-state index in [4.69, 9.17) is 23.8 Å². The van der Waals surface area contributed by atoms with E-state index in [1.54, 1.807) is 33.6 Å². The van der Waals surface area contributed by atoms with Gasteiger partial charge in [-0.3, -0.25) is 4.90 Å². The molecule has 0 amide bonds. The maximum Gasteiger partial charge on any atom is 0.221 e. The van der Waals surface area contributed by atoms with Crippen LogP contribution in [0.4, 0.5) is 4.39 Å². The summed E-state index contributed by atoms with van der Waals surface area (Å²) in [6.07, 6.45) is 0. The largest absolute Gasteiger partial charge is 0.283 e. The summed E-state index contributed by atoms with van der Waals surface area (Å²) in [6, 6.07) is 13.7. The van der Waals surface area contributed by atoms with E-state index in [2.05, 4.69) is 10.4 Å². The number of hydrogen-bond acceptors (Lipinski definition) is 4. The molecule has 2 aromatic carbocycles. The van der Waals surface area contributed by atoms with E-state index >= 15 is 0 Å². The van der Waals surface area contributed by atoms with Gasteiger partial charge in [0.25, 0.3) is 0 Å². The van der Waals surface area contributed by atoms with E-state index < -0.39 is 0 Å². The van der Waals surface area contributed by atoms with E-state index in [0.717, 1.165) is 11.3 Å². The van der Waals surface area contributed by atoms with Crippen LogP contribution in [0.3, 0.4) is 0 Å². The summed E-state index contributed by atoms with van der Waals surface area (Å²) in [5.41, 5.74) is 1.77. The van der Waals surface area contributed by atoms with Gasteiger partial charge >= 0.3 is 0 Å². The lowest BCUT2D eigenvalue weighted by atomic mass is 10.2. The van der Waals surface area contributed by atoms with Gasteiger partial charge in [-0.2, -0.15) is 4.68 Å². The highest BCUT2D eigenvalue weighted by Crippen LogP contribution is 2.14. The molecule has 8 heteroatoms. The number of nitrogens with zero attached hydrogens (tertiary/aromatic N) is 5. The van der Waals surface area contributed by atoms with Crippen LogP contribution in [0.1, 0.15) is 5.56 Å². The van der Waals surface area contributed by atoms with Crippen LogP contribution in [-0.4, -0.2) is 31.7 Å². The zero-order valence-electron chi connectivity index (χ0n) is 12.9. The molecule has 124 valence electrons. The second-order valence-electron chi connectivity index (χ2n) is 5.43. The molecule has 0 saturated heterocycles. The number of rotatable bonds is 5. The van der Waals surface area contributed by atoms with Gasteiger partial charge < -0.3 is 0 Å². The van der Waals surface area contributed by atoms with E-state index in [-0.39, 0.29) is 5.82 Å². The van der Waals surface area contributed by atoms with Crippen molar-refractivity contribution in [2.45, 2.75) is 13.2 Å². The number of aromatic nitrogens is 4. The molecule has 0 aliphatic heterocycles. The smallest absolute Gasteiger partial charge is 0.221 e. The minimum Gasteiger partial charge on any atom is -0.283 e. The van der Waals surface area contributed by atoms with Crippen molar-refractivity contribution in [2.24, 2.45) is 0 Å². The highest BCUT2D eigenvalue weighted by molar-refractivity contribution is 7.71. The van der Waals surface area contributed by atoms with E-state index in [0.29, 0.717) is 23.0 Å². The van der Waals surface area contributed by atoms with Gasteiger partial charge in [0.1, 0.15) is 5.82 Å². The molecule has 0 atom stereocenters. The van der Waals surface area contributed by atoms with Crippen molar-refractivity contribution < 1.29 is 4.39 Å². The van der Waals surface area contributed by atoms with Crippen LogP contribution in [0.2, 0.25) is 5.02 Å². The molecular weight excluding hydrogens is 349 g/mol. The minimum absolute atomic E-state index is 0.243. The third-order valence-electron chi connectivity index (χ3n) is 3.43. The summed E-state index contributed by atoms with van der Waals surface area (Å²) in [5.74, 6) is -0.243. The Balaban J connectivity index is 1.74. The molecule has 0 saturated carbocycles. The number of halogens is 2. The van der Waals surface area contributed by atoms with Gasteiger partial charge in [0.15, 0.2) is 0 Å². The fourth-order valence-electron chi connectivity index (χ4n) is 2.31. The number of benzene rings is 2. The highest BCUT2D eigenvalue weighted by atomic mass is 35.5. The molecule has 5 nitrogen and oxygen atoms in total. The Morgan fingerprint density at radius 3 is 2.62 bits per heavy atom. The van der Waals surface area contributed by atoms with Crippen molar-refractivity contribution in [3.8, 4) is 5.69 Å². The molecule has 3 aromatic rings. The first-order chi connectivity index (χ1) is 11.5. The van der Waals surface area contributed by atoms with Crippen molar-refractivity contribution in [1.29, 1.82) is 0 Å². The SMILES string of the molecule is CN(Cc1ccc(F)cc1)Cn1nnn(-c2cccc(Cl)c2)c1=S. The Morgan fingerprint density at radius 2 is 1.92 bits per heavy atom. The first-order valence-electron chi connectivity index (χ1n) is 7.25. The van der Waals surface area contributed by atoms with Gasteiger partial charge in [0, 0.05) is 11.6 Å². The Hall–Kier alpha value is -2.09. The summed E-state index contributed by atoms with van der Waals surface area (Å²) >= 11 is 11.4. The Labute approximate surface area is 148 Å². The molecule has 0 aliphatic carbocycles. The molecule has 0 bridgehead atoms. The summed E-state index contributed by atoms with van der Waals surface area (Å²) < 4.78 is 16.6. The molecule has 0 unspecified atom stereocenters. The molecule has 0 spiro atoms. The fraction of sp³-hybridized carbons (Fsp3) is 0.188. The number of tetrazole rings is 1. The summed E-state index contributed by atoms with van der Waals surface area (Å²) in [5, 5.41) is 8.80. The zero-order chi connectivity index (χ0) is 17.1.